The van der Waals surface area contributed by atoms with Crippen LogP contribution in [0.25, 0.3) is 0 Å². The predicted octanol–water partition coefficient (Wildman–Crippen LogP) is 2.02. The molecule has 0 saturated carbocycles. The second-order valence-electron chi connectivity index (χ2n) is 3.14. The van der Waals surface area contributed by atoms with Gasteiger partial charge in [0.05, 0.1) is 6.04 Å². The van der Waals surface area contributed by atoms with E-state index in [1.54, 1.807) is 6.08 Å². The highest BCUT2D eigenvalue weighted by molar-refractivity contribution is 5.71. The average Bonchev–Trinajstić information content (AvgIpc) is 2.61. The van der Waals surface area contributed by atoms with E-state index in [-0.39, 0.29) is 18.2 Å². The quantitative estimate of drug-likeness (QED) is 0.723. The third-order valence-electron chi connectivity index (χ3n) is 2.24. The van der Waals surface area contributed by atoms with Crippen molar-refractivity contribution in [2.45, 2.75) is 12.1 Å². The summed E-state index contributed by atoms with van der Waals surface area (Å²) in [5.74, 6) is 0. The van der Waals surface area contributed by atoms with Gasteiger partial charge in [-0.15, -0.1) is 0 Å². The van der Waals surface area contributed by atoms with Crippen LogP contribution in [-0.4, -0.2) is 12.2 Å². The van der Waals surface area contributed by atoms with E-state index in [0.29, 0.717) is 0 Å². The highest BCUT2D eigenvalue weighted by Crippen LogP contribution is 2.24. The van der Waals surface area contributed by atoms with Crippen molar-refractivity contribution >= 4 is 6.09 Å². The summed E-state index contributed by atoms with van der Waals surface area (Å²) in [5.41, 5.74) is 1.03. The fourth-order valence-corrected chi connectivity index (χ4v) is 1.55. The maximum absolute atomic E-state index is 11.0. The number of alkyl carbamates (subject to hydrolysis) is 1. The zero-order chi connectivity index (χ0) is 9.97. The first-order chi connectivity index (χ1) is 6.81. The van der Waals surface area contributed by atoms with E-state index in [1.807, 2.05) is 30.3 Å². The van der Waals surface area contributed by atoms with Gasteiger partial charge in [0.1, 0.15) is 6.10 Å². The molecule has 1 aliphatic heterocycles. The summed E-state index contributed by atoms with van der Waals surface area (Å²) < 4.78 is 5.01. The van der Waals surface area contributed by atoms with Gasteiger partial charge < -0.3 is 10.1 Å². The van der Waals surface area contributed by atoms with Gasteiger partial charge in [0.2, 0.25) is 0 Å². The van der Waals surface area contributed by atoms with Crippen LogP contribution in [0.15, 0.2) is 43.0 Å². The van der Waals surface area contributed by atoms with Crippen molar-refractivity contribution in [2.24, 2.45) is 0 Å². The molecule has 1 aromatic carbocycles. The third kappa shape index (κ3) is 1.48. The first-order valence-corrected chi connectivity index (χ1v) is 4.46. The second-order valence-corrected chi connectivity index (χ2v) is 3.14. The molecule has 3 heteroatoms. The number of ether oxygens (including phenoxy) is 1. The summed E-state index contributed by atoms with van der Waals surface area (Å²) in [5, 5.41) is 2.74. The summed E-state index contributed by atoms with van der Waals surface area (Å²) in [6.45, 7) is 3.64. The van der Waals surface area contributed by atoms with Crippen molar-refractivity contribution in [3.05, 3.63) is 48.6 Å². The van der Waals surface area contributed by atoms with Gasteiger partial charge in [-0.1, -0.05) is 36.9 Å². The topological polar surface area (TPSA) is 38.3 Å². The van der Waals surface area contributed by atoms with E-state index in [4.69, 9.17) is 4.74 Å². The molecule has 1 aromatic rings. The van der Waals surface area contributed by atoms with E-state index in [2.05, 4.69) is 11.9 Å². The Morgan fingerprint density at radius 1 is 1.36 bits per heavy atom. The average molecular weight is 189 g/mol. The molecule has 1 N–H and O–H groups in total. The van der Waals surface area contributed by atoms with Gasteiger partial charge in [-0.3, -0.25) is 0 Å². The van der Waals surface area contributed by atoms with Crippen molar-refractivity contribution in [2.75, 3.05) is 0 Å². The fourth-order valence-electron chi connectivity index (χ4n) is 1.55. The second kappa shape index (κ2) is 3.54. The highest BCUT2D eigenvalue weighted by atomic mass is 16.6. The maximum Gasteiger partial charge on any atom is 0.408 e. The van der Waals surface area contributed by atoms with Crippen LogP contribution in [0.5, 0.6) is 0 Å². The van der Waals surface area contributed by atoms with Gasteiger partial charge in [0, 0.05) is 0 Å². The van der Waals surface area contributed by atoms with Gasteiger partial charge in [-0.2, -0.15) is 0 Å². The van der Waals surface area contributed by atoms with Gasteiger partial charge in [-0.05, 0) is 11.6 Å². The molecule has 2 rings (SSSR count). The van der Waals surface area contributed by atoms with Gasteiger partial charge in [0.15, 0.2) is 0 Å². The molecule has 0 unspecified atom stereocenters. The van der Waals surface area contributed by atoms with Crippen molar-refractivity contribution in [1.29, 1.82) is 0 Å². The Morgan fingerprint density at radius 2 is 2.07 bits per heavy atom. The lowest BCUT2D eigenvalue weighted by molar-refractivity contribution is 0.153. The standard InChI is InChI=1S/C11H11NO2/c1-2-9-10(12-11(13)14-9)8-6-4-3-5-7-8/h2-7,9-10H,1H2,(H,12,13)/t9-,10+/m1/s1. The minimum atomic E-state index is -0.385. The molecule has 1 amide bonds. The number of rotatable bonds is 2. The number of carbonyl (C=O) groups excluding carboxylic acids is 1. The number of nitrogens with one attached hydrogen (secondary N) is 1. The molecule has 14 heavy (non-hydrogen) atoms. The molecule has 2 atom stereocenters. The van der Waals surface area contributed by atoms with Crippen molar-refractivity contribution < 1.29 is 9.53 Å². The third-order valence-corrected chi connectivity index (χ3v) is 2.24. The monoisotopic (exact) mass is 189 g/mol. The molecule has 0 radical (unpaired) electrons. The summed E-state index contributed by atoms with van der Waals surface area (Å²) in [7, 11) is 0. The van der Waals surface area contributed by atoms with Crippen LogP contribution in [0.2, 0.25) is 0 Å². The first-order valence-electron chi connectivity index (χ1n) is 4.46. The molecular formula is C11H11NO2. The Labute approximate surface area is 82.4 Å². The predicted molar refractivity (Wildman–Crippen MR) is 52.8 cm³/mol. The molecule has 0 aromatic heterocycles. The maximum atomic E-state index is 11.0. The molecule has 1 aliphatic rings. The van der Waals surface area contributed by atoms with Crippen LogP contribution in [-0.2, 0) is 4.74 Å². The van der Waals surface area contributed by atoms with E-state index < -0.39 is 0 Å². The van der Waals surface area contributed by atoms with Gasteiger partial charge in [-0.25, -0.2) is 4.79 Å². The number of hydrogen-bond acceptors (Lipinski definition) is 2. The molecule has 0 spiro atoms. The zero-order valence-corrected chi connectivity index (χ0v) is 7.64. The molecule has 72 valence electrons. The van der Waals surface area contributed by atoms with Gasteiger partial charge >= 0.3 is 6.09 Å². The Kier molecular flexibility index (Phi) is 2.23. The number of hydrogen-bond donors (Lipinski definition) is 1. The number of carbonyl (C=O) groups is 1. The molecule has 1 heterocycles. The van der Waals surface area contributed by atoms with Crippen LogP contribution in [0.1, 0.15) is 11.6 Å². The molecule has 1 fully saturated rings. The summed E-state index contributed by atoms with van der Waals surface area (Å²) in [6, 6.07) is 9.59. The van der Waals surface area contributed by atoms with E-state index in [0.717, 1.165) is 5.56 Å². The molecule has 3 nitrogen and oxygen atoms in total. The lowest BCUT2D eigenvalue weighted by Crippen LogP contribution is -2.21. The van der Waals surface area contributed by atoms with E-state index in [1.165, 1.54) is 0 Å². The fraction of sp³-hybridized carbons (Fsp3) is 0.182. The van der Waals surface area contributed by atoms with Gasteiger partial charge in [0.25, 0.3) is 0 Å². The summed E-state index contributed by atoms with van der Waals surface area (Å²) in [4.78, 5) is 11.0. The molecule has 1 saturated heterocycles. The Bertz CT molecular complexity index is 348. The Balaban J connectivity index is 2.26. The van der Waals surface area contributed by atoms with Crippen LogP contribution in [0.3, 0.4) is 0 Å². The molecular weight excluding hydrogens is 178 g/mol. The lowest BCUT2D eigenvalue weighted by atomic mass is 10.0. The van der Waals surface area contributed by atoms with Crippen LogP contribution in [0, 0.1) is 0 Å². The Hall–Kier alpha value is -1.77. The zero-order valence-electron chi connectivity index (χ0n) is 7.64. The van der Waals surface area contributed by atoms with Crippen molar-refractivity contribution in [1.82, 2.24) is 5.32 Å². The smallest absolute Gasteiger partial charge is 0.408 e. The van der Waals surface area contributed by atoms with E-state index >= 15 is 0 Å². The minimum absolute atomic E-state index is 0.110. The van der Waals surface area contributed by atoms with E-state index in [9.17, 15) is 4.79 Å². The van der Waals surface area contributed by atoms with Crippen molar-refractivity contribution in [3.63, 3.8) is 0 Å². The normalized spacial score (nSPS) is 25.3. The number of amides is 1. The van der Waals surface area contributed by atoms with Crippen LogP contribution >= 0.6 is 0 Å². The SMILES string of the molecule is C=C[C@H]1OC(=O)N[C@H]1c1ccccc1. The summed E-state index contributed by atoms with van der Waals surface area (Å²) in [6.07, 6.45) is 0.976. The highest BCUT2D eigenvalue weighted by Gasteiger charge is 2.32. The van der Waals surface area contributed by atoms with Crippen molar-refractivity contribution in [3.8, 4) is 0 Å². The molecule has 0 aliphatic carbocycles. The largest absolute Gasteiger partial charge is 0.439 e. The Morgan fingerprint density at radius 3 is 2.71 bits per heavy atom. The van der Waals surface area contributed by atoms with Crippen LogP contribution in [0.4, 0.5) is 4.79 Å². The summed E-state index contributed by atoms with van der Waals surface area (Å²) >= 11 is 0. The van der Waals surface area contributed by atoms with Crippen LogP contribution < -0.4 is 5.32 Å². The lowest BCUT2D eigenvalue weighted by Gasteiger charge is -2.12. The number of cyclic esters (lactones) is 1. The number of benzene rings is 1. The molecule has 0 bridgehead atoms. The minimum Gasteiger partial charge on any atom is -0.439 e. The first kappa shape index (κ1) is 8.81.